The Labute approximate surface area is 122 Å². The van der Waals surface area contributed by atoms with Gasteiger partial charge in [0.2, 0.25) is 0 Å². The first-order valence-corrected chi connectivity index (χ1v) is 7.04. The van der Waals surface area contributed by atoms with Crippen molar-refractivity contribution in [2.24, 2.45) is 5.92 Å². The molecule has 0 aromatic heterocycles. The number of anilines is 1. The lowest BCUT2D eigenvalue weighted by atomic mass is 9.93. The van der Waals surface area contributed by atoms with Gasteiger partial charge in [0.15, 0.2) is 0 Å². The van der Waals surface area contributed by atoms with Crippen molar-refractivity contribution >= 4 is 11.7 Å². The third-order valence-corrected chi connectivity index (χ3v) is 3.67. The first-order chi connectivity index (χ1) is 10.2. The summed E-state index contributed by atoms with van der Waals surface area (Å²) in [4.78, 5) is 11.8. The lowest BCUT2D eigenvalue weighted by Gasteiger charge is -2.19. The van der Waals surface area contributed by atoms with E-state index in [0.717, 1.165) is 11.4 Å². The number of halogens is 1. The maximum Gasteiger partial charge on any atom is 0.313 e. The molecule has 0 saturated carbocycles. The Morgan fingerprint density at radius 3 is 2.90 bits per heavy atom. The second-order valence-corrected chi connectivity index (χ2v) is 5.11. The van der Waals surface area contributed by atoms with E-state index in [1.165, 1.54) is 17.7 Å². The van der Waals surface area contributed by atoms with Crippen molar-refractivity contribution in [1.29, 1.82) is 0 Å². The number of nitrogens with one attached hydrogen (secondary N) is 1. The summed E-state index contributed by atoms with van der Waals surface area (Å²) in [6.45, 7) is 2.89. The Hall–Kier alpha value is -2.30. The number of benzene rings is 1. The fourth-order valence-corrected chi connectivity index (χ4v) is 2.60. The largest absolute Gasteiger partial charge is 0.466 e. The maximum atomic E-state index is 13.0. The Kier molecular flexibility index (Phi) is 3.64. The molecular weight excluding hydrogens is 271 g/mol. The molecule has 1 atom stereocenters. The van der Waals surface area contributed by atoms with Crippen molar-refractivity contribution in [2.75, 3.05) is 18.2 Å². The van der Waals surface area contributed by atoms with Gasteiger partial charge < -0.3 is 4.74 Å². The molecule has 1 unspecified atom stereocenters. The molecule has 3 rings (SSSR count). The molecule has 110 valence electrons. The molecule has 1 aliphatic carbocycles. The Morgan fingerprint density at radius 1 is 1.43 bits per heavy atom. The van der Waals surface area contributed by atoms with Gasteiger partial charge in [-0.2, -0.15) is 0 Å². The van der Waals surface area contributed by atoms with E-state index < -0.39 is 0 Å². The summed E-state index contributed by atoms with van der Waals surface area (Å²) in [5.41, 5.74) is 6.35. The third-order valence-electron chi connectivity index (χ3n) is 3.67. The minimum absolute atomic E-state index is 0.180. The van der Waals surface area contributed by atoms with E-state index in [1.807, 2.05) is 24.1 Å². The number of carbonyl (C=O) groups is 1. The topological polar surface area (TPSA) is 41.6 Å². The SMILES string of the molecule is CCOC(=O)C1C=CC2=C(C1)CN(c1ccc(F)cc1)N2. The number of rotatable bonds is 3. The number of nitrogens with zero attached hydrogens (tertiary/aromatic N) is 1. The number of allylic oxidation sites excluding steroid dienone is 1. The molecule has 0 saturated heterocycles. The van der Waals surface area contributed by atoms with Crippen molar-refractivity contribution in [1.82, 2.24) is 5.43 Å². The summed E-state index contributed by atoms with van der Waals surface area (Å²) in [7, 11) is 0. The van der Waals surface area contributed by atoms with Gasteiger partial charge in [0, 0.05) is 0 Å². The van der Waals surface area contributed by atoms with Crippen LogP contribution in [-0.2, 0) is 9.53 Å². The van der Waals surface area contributed by atoms with Gasteiger partial charge in [-0.25, -0.2) is 4.39 Å². The molecule has 1 aliphatic heterocycles. The van der Waals surface area contributed by atoms with Crippen LogP contribution in [0.5, 0.6) is 0 Å². The van der Waals surface area contributed by atoms with Crippen LogP contribution in [0.25, 0.3) is 0 Å². The highest BCUT2D eigenvalue weighted by Crippen LogP contribution is 2.30. The molecule has 0 amide bonds. The minimum Gasteiger partial charge on any atom is -0.466 e. The average Bonchev–Trinajstić information content (AvgIpc) is 2.91. The number of hydrogen-bond donors (Lipinski definition) is 1. The van der Waals surface area contributed by atoms with Crippen LogP contribution in [-0.4, -0.2) is 19.1 Å². The number of esters is 1. The second kappa shape index (κ2) is 5.60. The monoisotopic (exact) mass is 288 g/mol. The normalized spacial score (nSPS) is 20.3. The predicted molar refractivity (Wildman–Crippen MR) is 77.8 cm³/mol. The van der Waals surface area contributed by atoms with Crippen LogP contribution in [0.1, 0.15) is 13.3 Å². The molecule has 0 fully saturated rings. The molecule has 0 spiro atoms. The van der Waals surface area contributed by atoms with E-state index in [-0.39, 0.29) is 17.7 Å². The highest BCUT2D eigenvalue weighted by molar-refractivity contribution is 5.76. The van der Waals surface area contributed by atoms with Gasteiger partial charge in [0.25, 0.3) is 0 Å². The molecule has 1 N–H and O–H groups in total. The zero-order valence-electron chi connectivity index (χ0n) is 11.8. The molecule has 0 bridgehead atoms. The Bertz CT molecular complexity index is 607. The van der Waals surface area contributed by atoms with E-state index in [1.54, 1.807) is 12.1 Å². The fourth-order valence-electron chi connectivity index (χ4n) is 2.60. The van der Waals surface area contributed by atoms with Gasteiger partial charge in [-0.1, -0.05) is 6.08 Å². The molecule has 2 aliphatic rings. The summed E-state index contributed by atoms with van der Waals surface area (Å²) in [5, 5.41) is 1.95. The first-order valence-electron chi connectivity index (χ1n) is 7.04. The summed E-state index contributed by atoms with van der Waals surface area (Å²) in [6, 6.07) is 6.33. The molecule has 4 nitrogen and oxygen atoms in total. The lowest BCUT2D eigenvalue weighted by molar-refractivity contribution is -0.146. The zero-order valence-corrected chi connectivity index (χ0v) is 11.8. The highest BCUT2D eigenvalue weighted by atomic mass is 19.1. The minimum atomic E-state index is -0.252. The summed E-state index contributed by atoms with van der Waals surface area (Å²) >= 11 is 0. The van der Waals surface area contributed by atoms with Crippen molar-refractivity contribution in [3.05, 3.63) is 53.5 Å². The van der Waals surface area contributed by atoms with Gasteiger partial charge in [-0.3, -0.25) is 15.2 Å². The molecular formula is C16H17FN2O2. The highest BCUT2D eigenvalue weighted by Gasteiger charge is 2.29. The van der Waals surface area contributed by atoms with Crippen LogP contribution >= 0.6 is 0 Å². The number of hydrazine groups is 1. The average molecular weight is 288 g/mol. The van der Waals surface area contributed by atoms with Crippen molar-refractivity contribution < 1.29 is 13.9 Å². The second-order valence-electron chi connectivity index (χ2n) is 5.11. The van der Waals surface area contributed by atoms with E-state index in [0.29, 0.717) is 19.6 Å². The lowest BCUT2D eigenvalue weighted by Crippen LogP contribution is -2.31. The van der Waals surface area contributed by atoms with Crippen LogP contribution in [0, 0.1) is 11.7 Å². The molecule has 1 aromatic carbocycles. The van der Waals surface area contributed by atoms with Crippen LogP contribution < -0.4 is 10.4 Å². The summed E-state index contributed by atoms with van der Waals surface area (Å²) < 4.78 is 18.0. The zero-order chi connectivity index (χ0) is 14.8. The van der Waals surface area contributed by atoms with Gasteiger partial charge in [0.05, 0.1) is 30.5 Å². The predicted octanol–water partition coefficient (Wildman–Crippen LogP) is 2.54. The number of ether oxygens (including phenoxy) is 1. The van der Waals surface area contributed by atoms with Gasteiger partial charge in [-0.15, -0.1) is 0 Å². The Morgan fingerprint density at radius 2 is 2.19 bits per heavy atom. The van der Waals surface area contributed by atoms with Crippen molar-refractivity contribution in [3.63, 3.8) is 0 Å². The number of hydrogen-bond acceptors (Lipinski definition) is 4. The van der Waals surface area contributed by atoms with E-state index in [2.05, 4.69) is 5.43 Å². The van der Waals surface area contributed by atoms with Gasteiger partial charge in [-0.05, 0) is 49.3 Å². The molecule has 5 heteroatoms. The Balaban J connectivity index is 1.68. The van der Waals surface area contributed by atoms with Crippen LogP contribution in [0.3, 0.4) is 0 Å². The quantitative estimate of drug-likeness (QED) is 0.868. The van der Waals surface area contributed by atoms with Gasteiger partial charge in [0.1, 0.15) is 5.82 Å². The van der Waals surface area contributed by atoms with Crippen LogP contribution in [0.4, 0.5) is 10.1 Å². The van der Waals surface area contributed by atoms with E-state index >= 15 is 0 Å². The maximum absolute atomic E-state index is 13.0. The standard InChI is InChI=1S/C16H17FN2O2/c1-2-21-16(20)11-3-8-15-12(9-11)10-19(18-15)14-6-4-13(17)5-7-14/h3-8,11,18H,2,9-10H2,1H3. The van der Waals surface area contributed by atoms with Crippen LogP contribution in [0.15, 0.2) is 47.7 Å². The summed E-state index contributed by atoms with van der Waals surface area (Å²) in [5.74, 6) is -0.642. The molecule has 0 radical (unpaired) electrons. The van der Waals surface area contributed by atoms with E-state index in [4.69, 9.17) is 4.74 Å². The van der Waals surface area contributed by atoms with Crippen molar-refractivity contribution in [3.8, 4) is 0 Å². The first kappa shape index (κ1) is 13.7. The molecule has 21 heavy (non-hydrogen) atoms. The van der Waals surface area contributed by atoms with Crippen molar-refractivity contribution in [2.45, 2.75) is 13.3 Å². The third kappa shape index (κ3) is 2.77. The van der Waals surface area contributed by atoms with E-state index in [9.17, 15) is 9.18 Å². The smallest absolute Gasteiger partial charge is 0.313 e. The van der Waals surface area contributed by atoms with Crippen LogP contribution in [0.2, 0.25) is 0 Å². The number of carbonyl (C=O) groups excluding carboxylic acids is 1. The summed E-state index contributed by atoms with van der Waals surface area (Å²) in [6.07, 6.45) is 4.46. The molecule has 1 aromatic rings. The van der Waals surface area contributed by atoms with Gasteiger partial charge >= 0.3 is 5.97 Å². The fraction of sp³-hybridized carbons (Fsp3) is 0.312. The molecule has 1 heterocycles.